The van der Waals surface area contributed by atoms with Crippen molar-refractivity contribution >= 4 is 69.1 Å². The number of phosphoric acid groups is 3. The van der Waals surface area contributed by atoms with Gasteiger partial charge in [0.05, 0.1) is 25.6 Å². The van der Waals surface area contributed by atoms with Gasteiger partial charge < -0.3 is 61.1 Å². The van der Waals surface area contributed by atoms with E-state index in [1.165, 1.54) is 38.1 Å². The largest absolute Gasteiger partial charge is 0.508 e. The van der Waals surface area contributed by atoms with Crippen LogP contribution in [0.2, 0.25) is 0 Å². The van der Waals surface area contributed by atoms with E-state index >= 15 is 0 Å². The van der Waals surface area contributed by atoms with Gasteiger partial charge >= 0.3 is 23.5 Å². The number of benzene rings is 1. The molecule has 3 heterocycles. The monoisotopic (exact) mass is 931 g/mol. The number of aliphatic hydroxyl groups excluding tert-OH is 3. The van der Waals surface area contributed by atoms with Gasteiger partial charge in [0.2, 0.25) is 11.8 Å². The Kier molecular flexibility index (Phi) is 16.9. The second kappa shape index (κ2) is 20.6. The number of anilines is 1. The zero-order chi connectivity index (χ0) is 44.6. The molecule has 1 aliphatic heterocycles. The third-order valence-electron chi connectivity index (χ3n) is 8.40. The maximum absolute atomic E-state index is 12.7. The number of hydrogen-bond acceptors (Lipinski definition) is 20. The Morgan fingerprint density at radius 3 is 2.33 bits per heavy atom. The number of nitrogen functional groups attached to an aromatic ring is 1. The Bertz CT molecular complexity index is 2130. The molecule has 1 fully saturated rings. The summed E-state index contributed by atoms with van der Waals surface area (Å²) in [6, 6.07) is 5.73. The minimum atomic E-state index is -5.59. The first kappa shape index (κ1) is 49.2. The highest BCUT2D eigenvalue weighted by atomic mass is 32.2. The number of imidazole rings is 1. The maximum Gasteiger partial charge on any atom is 0.481 e. The second-order valence-electron chi connectivity index (χ2n) is 13.6. The number of ether oxygens (including phenoxy) is 1. The van der Waals surface area contributed by atoms with Gasteiger partial charge in [-0.25, -0.2) is 28.6 Å². The molecule has 1 saturated heterocycles. The van der Waals surface area contributed by atoms with Crippen molar-refractivity contribution in [2.24, 2.45) is 5.41 Å². The highest BCUT2D eigenvalue weighted by Crippen LogP contribution is 2.61. The third kappa shape index (κ3) is 14.3. The summed E-state index contributed by atoms with van der Waals surface area (Å²) >= 11 is 0.887. The summed E-state index contributed by atoms with van der Waals surface area (Å²) < 4.78 is 62.1. The molecule has 3 aromatic rings. The molecule has 334 valence electrons. The summed E-state index contributed by atoms with van der Waals surface area (Å²) in [5, 5.41) is 45.5. The molecule has 0 spiro atoms. The minimum Gasteiger partial charge on any atom is -0.508 e. The average Bonchev–Trinajstić information content (AvgIpc) is 3.71. The first-order valence-corrected chi connectivity index (χ1v) is 22.9. The van der Waals surface area contributed by atoms with Crippen LogP contribution < -0.4 is 16.4 Å². The molecule has 2 aromatic heterocycles. The Balaban J connectivity index is 1.19. The standard InChI is InChI=1S/C30H44N7O19P3S/c1-30(2,25(43)28(44)33-8-7-20(40)32-9-10-60-21(41)11-18(39)16-3-5-17(38)6-4-16)13-53-59(50,51)56-58(48,49)52-12-19-24(55-57(45,46)47)23(42)29(54-19)37-15-36-22-26(31)34-14-35-27(22)37/h3-6,14-15,18-19,23-25,29,38-39,42-43H,7-13H2,1-2H3,(H,32,40)(H,33,44)(H,48,49)(H,50,51)(H2,31,34,35)(H2,45,46,47). The van der Waals surface area contributed by atoms with E-state index in [-0.39, 0.29) is 59.5 Å². The average molecular weight is 932 g/mol. The van der Waals surface area contributed by atoms with Crippen LogP contribution in [0.4, 0.5) is 5.82 Å². The number of carbonyl (C=O) groups is 3. The van der Waals surface area contributed by atoms with Gasteiger partial charge in [0.25, 0.3) is 0 Å². The van der Waals surface area contributed by atoms with E-state index in [1.54, 1.807) is 0 Å². The van der Waals surface area contributed by atoms with Crippen LogP contribution in [0, 0.1) is 5.41 Å². The Morgan fingerprint density at radius 2 is 1.67 bits per heavy atom. The molecule has 0 radical (unpaired) electrons. The lowest BCUT2D eigenvalue weighted by molar-refractivity contribution is -0.137. The number of nitrogens with zero attached hydrogens (tertiary/aromatic N) is 4. The SMILES string of the molecule is CC(C)(COP(=O)(O)OP(=O)(O)OCC1OC(n2cnc3c(N)ncnc32)C(O)C1OP(=O)(O)O)C(O)C(=O)NCCC(=O)NCCSC(=O)CC(O)c1ccc(O)cc1. The van der Waals surface area contributed by atoms with Gasteiger partial charge in [0, 0.05) is 37.1 Å². The number of fused-ring (bicyclic) bond motifs is 1. The van der Waals surface area contributed by atoms with E-state index in [9.17, 15) is 68.1 Å². The molecular formula is C30H44N7O19P3S. The molecule has 0 bridgehead atoms. The van der Waals surface area contributed by atoms with Crippen molar-refractivity contribution < 1.29 is 90.7 Å². The lowest BCUT2D eigenvalue weighted by Gasteiger charge is -2.30. The highest BCUT2D eigenvalue weighted by Gasteiger charge is 2.50. The van der Waals surface area contributed by atoms with Crippen molar-refractivity contribution in [2.75, 3.05) is 37.8 Å². The number of hydrogen-bond donors (Lipinski definition) is 11. The van der Waals surface area contributed by atoms with Crippen LogP contribution >= 0.6 is 35.2 Å². The second-order valence-corrected chi connectivity index (χ2v) is 19.0. The number of thioether (sulfide) groups is 1. The lowest BCUT2D eigenvalue weighted by Crippen LogP contribution is -2.46. The molecule has 0 aliphatic carbocycles. The molecule has 1 aromatic carbocycles. The molecule has 0 saturated carbocycles. The van der Waals surface area contributed by atoms with Crippen molar-refractivity contribution in [1.82, 2.24) is 30.2 Å². The molecule has 8 unspecified atom stereocenters. The zero-order valence-electron chi connectivity index (χ0n) is 31.6. The van der Waals surface area contributed by atoms with Gasteiger partial charge in [-0.1, -0.05) is 37.7 Å². The van der Waals surface area contributed by atoms with E-state index in [0.29, 0.717) is 5.56 Å². The van der Waals surface area contributed by atoms with Crippen LogP contribution in [0.15, 0.2) is 36.9 Å². The molecule has 2 amide bonds. The molecule has 60 heavy (non-hydrogen) atoms. The van der Waals surface area contributed by atoms with E-state index < -0.39 is 90.7 Å². The van der Waals surface area contributed by atoms with Gasteiger partial charge in [-0.15, -0.1) is 0 Å². The van der Waals surface area contributed by atoms with E-state index in [2.05, 4.69) is 34.4 Å². The first-order chi connectivity index (χ1) is 27.9. The van der Waals surface area contributed by atoms with Crippen LogP contribution in [0.5, 0.6) is 5.75 Å². The van der Waals surface area contributed by atoms with Gasteiger partial charge in [-0.05, 0) is 17.7 Å². The van der Waals surface area contributed by atoms with Crippen LogP contribution in [0.25, 0.3) is 11.2 Å². The third-order valence-corrected chi connectivity index (χ3v) is 12.4. The normalized spacial score (nSPS) is 21.5. The molecule has 12 N–H and O–H groups in total. The van der Waals surface area contributed by atoms with Crippen LogP contribution in [0.3, 0.4) is 0 Å². The molecule has 8 atom stereocenters. The predicted octanol–water partition coefficient (Wildman–Crippen LogP) is -0.506. The zero-order valence-corrected chi connectivity index (χ0v) is 35.1. The number of phenolic OH excluding ortho intramolecular Hbond substituents is 1. The van der Waals surface area contributed by atoms with E-state index in [1.807, 2.05) is 0 Å². The van der Waals surface area contributed by atoms with Crippen molar-refractivity contribution in [3.8, 4) is 5.75 Å². The Morgan fingerprint density at radius 1 is 1.00 bits per heavy atom. The number of phenols is 1. The molecule has 4 rings (SSSR count). The Hall–Kier alpha value is -3.46. The van der Waals surface area contributed by atoms with E-state index in [0.717, 1.165) is 29.0 Å². The number of phosphoric ester groups is 3. The lowest BCUT2D eigenvalue weighted by atomic mass is 9.87. The number of amides is 2. The fraction of sp³-hybridized carbons (Fsp3) is 0.533. The highest BCUT2D eigenvalue weighted by molar-refractivity contribution is 8.13. The van der Waals surface area contributed by atoms with Crippen molar-refractivity contribution in [2.45, 2.75) is 63.4 Å². The maximum atomic E-state index is 12.7. The van der Waals surface area contributed by atoms with Gasteiger partial charge in [-0.3, -0.25) is 32.5 Å². The number of rotatable bonds is 22. The summed E-state index contributed by atoms with van der Waals surface area (Å²) in [4.78, 5) is 87.9. The Labute approximate surface area is 344 Å². The van der Waals surface area contributed by atoms with Crippen LogP contribution in [-0.4, -0.2) is 133 Å². The number of nitrogens with one attached hydrogen (secondary N) is 2. The number of aromatic nitrogens is 4. The van der Waals surface area contributed by atoms with Gasteiger partial charge in [0.15, 0.2) is 22.8 Å². The molecule has 26 nitrogen and oxygen atoms in total. The number of aliphatic hydroxyl groups is 3. The molecule has 1 aliphatic rings. The summed E-state index contributed by atoms with van der Waals surface area (Å²) in [6.07, 6.45) is -8.35. The van der Waals surface area contributed by atoms with Crippen molar-refractivity contribution in [1.29, 1.82) is 0 Å². The number of nitrogens with two attached hydrogens (primary N) is 1. The molecular weight excluding hydrogens is 887 g/mol. The van der Waals surface area contributed by atoms with Crippen LogP contribution in [0.1, 0.15) is 44.6 Å². The number of aromatic hydroxyl groups is 1. The predicted molar refractivity (Wildman–Crippen MR) is 205 cm³/mol. The minimum absolute atomic E-state index is 0.0125. The quantitative estimate of drug-likeness (QED) is 0.0446. The number of carbonyl (C=O) groups excluding carboxylic acids is 3. The van der Waals surface area contributed by atoms with Crippen molar-refractivity contribution in [3.63, 3.8) is 0 Å². The summed E-state index contributed by atoms with van der Waals surface area (Å²) in [5.74, 6) is -1.37. The smallest absolute Gasteiger partial charge is 0.481 e. The fourth-order valence-corrected chi connectivity index (χ4v) is 8.86. The summed E-state index contributed by atoms with van der Waals surface area (Å²) in [6.45, 7) is 0.229. The van der Waals surface area contributed by atoms with Gasteiger partial charge in [0.1, 0.15) is 42.0 Å². The summed E-state index contributed by atoms with van der Waals surface area (Å²) in [5.41, 5.74) is 4.66. The topological polar surface area (TPSA) is 404 Å². The molecule has 30 heteroatoms. The van der Waals surface area contributed by atoms with E-state index in [4.69, 9.17) is 19.5 Å². The summed E-state index contributed by atoms with van der Waals surface area (Å²) in [7, 11) is -16.5. The van der Waals surface area contributed by atoms with Gasteiger partial charge in [-0.2, -0.15) is 4.31 Å². The van der Waals surface area contributed by atoms with Crippen LogP contribution in [-0.2, 0) is 50.7 Å². The van der Waals surface area contributed by atoms with Crippen molar-refractivity contribution in [3.05, 3.63) is 42.5 Å². The fourth-order valence-electron chi connectivity index (χ4n) is 5.33. The first-order valence-electron chi connectivity index (χ1n) is 17.4.